The molecule has 0 atom stereocenters. The lowest BCUT2D eigenvalue weighted by molar-refractivity contribution is 0.0768. The number of carbonyl (C=O) groups is 1. The molecule has 1 fully saturated rings. The van der Waals surface area contributed by atoms with Crippen LogP contribution in [0.2, 0.25) is 5.15 Å². The minimum atomic E-state index is 0.0168. The van der Waals surface area contributed by atoms with Gasteiger partial charge in [-0.3, -0.25) is 9.48 Å². The van der Waals surface area contributed by atoms with Crippen molar-refractivity contribution in [1.82, 2.24) is 14.7 Å². The number of hydrogen-bond acceptors (Lipinski definition) is 3. The monoisotopic (exact) mass is 273 g/mol. The van der Waals surface area contributed by atoms with E-state index in [2.05, 4.69) is 5.10 Å². The predicted octanol–water partition coefficient (Wildman–Crippen LogP) is 1.96. The van der Waals surface area contributed by atoms with Crippen molar-refractivity contribution < 1.29 is 4.79 Å². The van der Waals surface area contributed by atoms with Gasteiger partial charge in [-0.15, -0.1) is 0 Å². The van der Waals surface area contributed by atoms with Crippen molar-refractivity contribution in [3.05, 3.63) is 16.4 Å². The average molecular weight is 274 g/mol. The van der Waals surface area contributed by atoms with Crippen LogP contribution in [0.4, 0.5) is 0 Å². The summed E-state index contributed by atoms with van der Waals surface area (Å²) in [6.45, 7) is 3.44. The zero-order valence-electron chi connectivity index (χ0n) is 10.1. The third-order valence-corrected chi connectivity index (χ3v) is 4.36. The highest BCUT2D eigenvalue weighted by Gasteiger charge is 2.24. The molecule has 1 saturated heterocycles. The van der Waals surface area contributed by atoms with Crippen molar-refractivity contribution in [1.29, 1.82) is 0 Å². The smallest absolute Gasteiger partial charge is 0.258 e. The Kier molecular flexibility index (Phi) is 3.99. The second-order valence-electron chi connectivity index (χ2n) is 4.13. The molecular weight excluding hydrogens is 258 g/mol. The highest BCUT2D eigenvalue weighted by molar-refractivity contribution is 7.99. The van der Waals surface area contributed by atoms with Crippen LogP contribution in [-0.4, -0.2) is 45.2 Å². The Labute approximate surface area is 110 Å². The van der Waals surface area contributed by atoms with E-state index < -0.39 is 0 Å². The van der Waals surface area contributed by atoms with Crippen LogP contribution in [0, 0.1) is 6.92 Å². The fourth-order valence-electron chi connectivity index (χ4n) is 1.98. The maximum atomic E-state index is 12.4. The van der Waals surface area contributed by atoms with Crippen LogP contribution in [-0.2, 0) is 7.05 Å². The molecule has 1 aromatic heterocycles. The number of aryl methyl sites for hydroxylation is 2. The Balaban J connectivity index is 2.23. The van der Waals surface area contributed by atoms with Crippen molar-refractivity contribution in [2.45, 2.75) is 13.3 Å². The van der Waals surface area contributed by atoms with Crippen LogP contribution in [0.5, 0.6) is 0 Å². The van der Waals surface area contributed by atoms with Crippen LogP contribution >= 0.6 is 23.4 Å². The highest BCUT2D eigenvalue weighted by Crippen LogP contribution is 2.22. The molecule has 1 aliphatic rings. The number of hydrogen-bond donors (Lipinski definition) is 0. The first-order chi connectivity index (χ1) is 8.11. The summed E-state index contributed by atoms with van der Waals surface area (Å²) in [7, 11) is 1.75. The van der Waals surface area contributed by atoms with E-state index in [9.17, 15) is 4.79 Å². The molecule has 6 heteroatoms. The zero-order chi connectivity index (χ0) is 12.4. The molecule has 94 valence electrons. The van der Waals surface area contributed by atoms with Gasteiger partial charge in [0.1, 0.15) is 5.15 Å². The van der Waals surface area contributed by atoms with Crippen molar-refractivity contribution in [3.8, 4) is 0 Å². The van der Waals surface area contributed by atoms with Crippen molar-refractivity contribution in [3.63, 3.8) is 0 Å². The maximum absolute atomic E-state index is 12.4. The van der Waals surface area contributed by atoms with Crippen molar-refractivity contribution in [2.75, 3.05) is 24.6 Å². The van der Waals surface area contributed by atoms with E-state index in [1.54, 1.807) is 11.7 Å². The largest absolute Gasteiger partial charge is 0.338 e. The van der Waals surface area contributed by atoms with Gasteiger partial charge in [0.25, 0.3) is 5.91 Å². The fraction of sp³-hybridized carbons (Fsp3) is 0.636. The van der Waals surface area contributed by atoms with Crippen LogP contribution in [0.1, 0.15) is 22.5 Å². The second-order valence-corrected chi connectivity index (χ2v) is 5.72. The Morgan fingerprint density at radius 2 is 2.18 bits per heavy atom. The standard InChI is InChI=1S/C11H16ClN3OS/c1-8-9(10(12)14(2)13-8)11(16)15-4-3-6-17-7-5-15/h3-7H2,1-2H3. The van der Waals surface area contributed by atoms with Crippen molar-refractivity contribution >= 4 is 29.3 Å². The van der Waals surface area contributed by atoms with Gasteiger partial charge in [0.05, 0.1) is 11.3 Å². The molecule has 2 rings (SSSR count). The molecule has 17 heavy (non-hydrogen) atoms. The molecule has 0 aliphatic carbocycles. The van der Waals surface area contributed by atoms with Gasteiger partial charge in [0.15, 0.2) is 0 Å². The summed E-state index contributed by atoms with van der Waals surface area (Å²) in [6.07, 6.45) is 1.05. The molecule has 1 amide bonds. The molecule has 0 bridgehead atoms. The third kappa shape index (κ3) is 2.60. The summed E-state index contributed by atoms with van der Waals surface area (Å²) in [6, 6.07) is 0. The Bertz CT molecular complexity index is 425. The third-order valence-electron chi connectivity index (χ3n) is 2.88. The van der Waals surface area contributed by atoms with E-state index in [0.717, 1.165) is 31.0 Å². The van der Waals surface area contributed by atoms with Gasteiger partial charge in [0, 0.05) is 25.9 Å². The van der Waals surface area contributed by atoms with E-state index in [1.807, 2.05) is 23.6 Å². The number of carbonyl (C=O) groups excluding carboxylic acids is 1. The Morgan fingerprint density at radius 3 is 2.82 bits per heavy atom. The molecule has 2 heterocycles. The van der Waals surface area contributed by atoms with E-state index in [-0.39, 0.29) is 5.91 Å². The summed E-state index contributed by atoms with van der Waals surface area (Å²) in [5.41, 5.74) is 1.26. The van der Waals surface area contributed by atoms with E-state index in [4.69, 9.17) is 11.6 Å². The number of amides is 1. The van der Waals surface area contributed by atoms with Gasteiger partial charge >= 0.3 is 0 Å². The Hall–Kier alpha value is -0.680. The summed E-state index contributed by atoms with van der Waals surface area (Å²) in [4.78, 5) is 14.3. The van der Waals surface area contributed by atoms with Crippen LogP contribution in [0.25, 0.3) is 0 Å². The first-order valence-corrected chi connectivity index (χ1v) is 7.20. The van der Waals surface area contributed by atoms with Crippen molar-refractivity contribution in [2.24, 2.45) is 7.05 Å². The normalized spacial score (nSPS) is 17.0. The first-order valence-electron chi connectivity index (χ1n) is 5.67. The topological polar surface area (TPSA) is 38.1 Å². The van der Waals surface area contributed by atoms with Crippen LogP contribution in [0.15, 0.2) is 0 Å². The molecule has 1 aliphatic heterocycles. The van der Waals surface area contributed by atoms with E-state index >= 15 is 0 Å². The molecule has 0 aromatic carbocycles. The van der Waals surface area contributed by atoms with E-state index in [0.29, 0.717) is 16.4 Å². The molecule has 1 aromatic rings. The molecule has 4 nitrogen and oxygen atoms in total. The lowest BCUT2D eigenvalue weighted by Gasteiger charge is -2.19. The molecule has 0 radical (unpaired) electrons. The molecular formula is C11H16ClN3OS. The first kappa shape index (κ1) is 12.8. The van der Waals surface area contributed by atoms with E-state index in [1.165, 1.54) is 0 Å². The summed E-state index contributed by atoms with van der Waals surface area (Å²) < 4.78 is 1.55. The maximum Gasteiger partial charge on any atom is 0.258 e. The van der Waals surface area contributed by atoms with Gasteiger partial charge in [-0.25, -0.2) is 0 Å². The molecule has 0 spiro atoms. The number of nitrogens with zero attached hydrogens (tertiary/aromatic N) is 3. The second kappa shape index (κ2) is 5.31. The highest BCUT2D eigenvalue weighted by atomic mass is 35.5. The zero-order valence-corrected chi connectivity index (χ0v) is 11.6. The lowest BCUT2D eigenvalue weighted by Crippen LogP contribution is -2.33. The quantitative estimate of drug-likeness (QED) is 0.785. The predicted molar refractivity (Wildman–Crippen MR) is 70.8 cm³/mol. The van der Waals surface area contributed by atoms with Gasteiger partial charge in [-0.1, -0.05) is 11.6 Å². The Morgan fingerprint density at radius 1 is 1.41 bits per heavy atom. The van der Waals surface area contributed by atoms with Gasteiger partial charge < -0.3 is 4.90 Å². The van der Waals surface area contributed by atoms with Gasteiger partial charge in [0.2, 0.25) is 0 Å². The summed E-state index contributed by atoms with van der Waals surface area (Å²) >= 11 is 8.01. The van der Waals surface area contributed by atoms with Crippen LogP contribution < -0.4 is 0 Å². The molecule has 0 saturated carbocycles. The van der Waals surface area contributed by atoms with Gasteiger partial charge in [-0.2, -0.15) is 16.9 Å². The minimum absolute atomic E-state index is 0.0168. The summed E-state index contributed by atoms with van der Waals surface area (Å²) in [5, 5.41) is 4.62. The fourth-order valence-corrected chi connectivity index (χ4v) is 3.12. The SMILES string of the molecule is Cc1nn(C)c(Cl)c1C(=O)N1CCCSCC1. The lowest BCUT2D eigenvalue weighted by atomic mass is 10.2. The minimum Gasteiger partial charge on any atom is -0.338 e. The number of thioether (sulfide) groups is 1. The number of halogens is 1. The summed E-state index contributed by atoms with van der Waals surface area (Å²) in [5.74, 6) is 2.15. The number of rotatable bonds is 1. The molecule has 0 N–H and O–H groups in total. The number of aromatic nitrogens is 2. The average Bonchev–Trinajstić information content (AvgIpc) is 2.52. The molecule has 0 unspecified atom stereocenters. The van der Waals surface area contributed by atoms with Gasteiger partial charge in [-0.05, 0) is 19.1 Å². The van der Waals surface area contributed by atoms with Crippen LogP contribution in [0.3, 0.4) is 0 Å².